The minimum atomic E-state index is -0.984. The van der Waals surface area contributed by atoms with Crippen LogP contribution in [0.15, 0.2) is 0 Å². The molecule has 11 heavy (non-hydrogen) atoms. The van der Waals surface area contributed by atoms with Gasteiger partial charge in [0.1, 0.15) is 5.35 Å². The van der Waals surface area contributed by atoms with E-state index >= 15 is 0 Å². The summed E-state index contributed by atoms with van der Waals surface area (Å²) in [6, 6.07) is 0. The third kappa shape index (κ3) is 2.51. The number of hydrogen-bond donors (Lipinski definition) is 2. The molecule has 1 aliphatic rings. The van der Waals surface area contributed by atoms with E-state index in [1.54, 1.807) is 0 Å². The summed E-state index contributed by atoms with van der Waals surface area (Å²) in [5, 5.41) is 10.4. The second-order valence-electron chi connectivity index (χ2n) is 2.97. The van der Waals surface area contributed by atoms with E-state index in [-0.39, 0.29) is 0 Å². The third-order valence-electron chi connectivity index (χ3n) is 1.84. The van der Waals surface area contributed by atoms with Crippen LogP contribution < -0.4 is 5.32 Å². The molecule has 4 nitrogen and oxygen atoms in total. The predicted molar refractivity (Wildman–Crippen MR) is 43.6 cm³/mol. The molecule has 1 fully saturated rings. The van der Waals surface area contributed by atoms with Crippen molar-refractivity contribution in [3.05, 3.63) is 0 Å². The van der Waals surface area contributed by atoms with Crippen molar-refractivity contribution in [1.29, 1.82) is 0 Å². The average molecular weight is 175 g/mol. The summed E-state index contributed by atoms with van der Waals surface area (Å²) >= 11 is 0. The van der Waals surface area contributed by atoms with Crippen LogP contribution in [0.25, 0.3) is 0 Å². The van der Waals surface area contributed by atoms with Crippen molar-refractivity contribution in [2.75, 3.05) is 6.61 Å². The predicted octanol–water partition coefficient (Wildman–Crippen LogP) is -0.526. The number of hydrogen-bond acceptors (Lipinski definition) is 2. The van der Waals surface area contributed by atoms with Gasteiger partial charge in [-0.15, -0.1) is 0 Å². The van der Waals surface area contributed by atoms with E-state index in [1.165, 1.54) is 0 Å². The Balaban J connectivity index is 2.43. The van der Waals surface area contributed by atoms with Gasteiger partial charge >= 0.3 is 6.09 Å². The lowest BCUT2D eigenvalue weighted by molar-refractivity contribution is -0.0354. The van der Waals surface area contributed by atoms with Gasteiger partial charge in [-0.05, 0) is 19.3 Å². The zero-order valence-electron chi connectivity index (χ0n) is 6.59. The van der Waals surface area contributed by atoms with Crippen LogP contribution in [0, 0.1) is 0 Å². The van der Waals surface area contributed by atoms with Gasteiger partial charge in [0.05, 0.1) is 10.2 Å². The number of ether oxygens (including phenoxy) is 1. The number of carboxylic acid groups (broad SMARTS) is 1. The fourth-order valence-corrected chi connectivity index (χ4v) is 2.03. The summed E-state index contributed by atoms with van der Waals surface area (Å²) in [6.45, 7) is 0.684. The van der Waals surface area contributed by atoms with Crippen LogP contribution in [0.5, 0.6) is 0 Å². The van der Waals surface area contributed by atoms with E-state index in [9.17, 15) is 4.79 Å². The van der Waals surface area contributed by atoms with Crippen molar-refractivity contribution in [3.63, 3.8) is 0 Å². The maximum Gasteiger partial charge on any atom is 0.406 e. The molecule has 1 heterocycles. The maximum atomic E-state index is 10.3. The molecule has 5 heteroatoms. The molecule has 0 radical (unpaired) electrons. The number of carbonyl (C=O) groups is 1. The molecule has 1 rings (SSSR count). The zero-order chi connectivity index (χ0) is 8.32. The Kier molecular flexibility index (Phi) is 2.51. The topological polar surface area (TPSA) is 58.6 Å². The highest BCUT2D eigenvalue weighted by molar-refractivity contribution is 6.15. The number of rotatable bonds is 1. The Morgan fingerprint density at radius 1 is 1.64 bits per heavy atom. The number of amides is 1. The second-order valence-corrected chi connectivity index (χ2v) is 4.58. The smallest absolute Gasteiger partial charge is 0.406 e. The van der Waals surface area contributed by atoms with E-state index in [1.807, 2.05) is 0 Å². The van der Waals surface area contributed by atoms with Gasteiger partial charge < -0.3 is 9.84 Å². The van der Waals surface area contributed by atoms with E-state index in [2.05, 4.69) is 5.32 Å². The van der Waals surface area contributed by atoms with Gasteiger partial charge in [0.15, 0.2) is 0 Å². The molecule has 2 N–H and O–H groups in total. The summed E-state index contributed by atoms with van der Waals surface area (Å²) in [5.74, 6) is 0. The molecule has 1 saturated heterocycles. The molecule has 64 valence electrons. The first-order chi connectivity index (χ1) is 5.12. The van der Waals surface area contributed by atoms with Gasteiger partial charge in [0, 0.05) is 6.61 Å². The molecular formula is C6H13NO3Si. The molecule has 0 aliphatic carbocycles. The van der Waals surface area contributed by atoms with E-state index in [0.29, 0.717) is 16.8 Å². The first kappa shape index (κ1) is 8.54. The van der Waals surface area contributed by atoms with Gasteiger partial charge in [-0.25, -0.2) is 4.79 Å². The zero-order valence-corrected chi connectivity index (χ0v) is 8.59. The largest absolute Gasteiger partial charge is 0.465 e. The molecule has 0 aromatic rings. The third-order valence-corrected chi connectivity index (χ3v) is 2.88. The number of nitrogens with one attached hydrogen (secondary N) is 1. The lowest BCUT2D eigenvalue weighted by Gasteiger charge is -2.33. The summed E-state index contributed by atoms with van der Waals surface area (Å²) in [4.78, 5) is 10.3. The fourth-order valence-electron chi connectivity index (χ4n) is 1.26. The van der Waals surface area contributed by atoms with Gasteiger partial charge in [-0.2, -0.15) is 0 Å². The summed E-state index contributed by atoms with van der Waals surface area (Å²) in [6.07, 6.45) is 1.95. The molecule has 0 saturated carbocycles. The Labute approximate surface area is 68.3 Å². The highest BCUT2D eigenvalue weighted by Crippen LogP contribution is 2.18. The Bertz CT molecular complexity index is 156. The van der Waals surface area contributed by atoms with Crippen molar-refractivity contribution >= 4 is 16.3 Å². The summed E-state index contributed by atoms with van der Waals surface area (Å²) in [5.41, 5.74) is 0. The standard InChI is InChI=1S/C6H13NO3Si/c8-5(9)7-6(11)3-1-2-4-10-6/h7H,1-4H2,11H3,(H,8,9). The fraction of sp³-hybridized carbons (Fsp3) is 0.833. The molecule has 1 unspecified atom stereocenters. The van der Waals surface area contributed by atoms with Crippen LogP contribution in [-0.4, -0.2) is 33.4 Å². The van der Waals surface area contributed by atoms with Crippen LogP contribution in [0.1, 0.15) is 19.3 Å². The SMILES string of the molecule is O=C(O)NC1([SiH3])CCCCO1. The van der Waals surface area contributed by atoms with Gasteiger partial charge in [-0.3, -0.25) is 5.32 Å². The quantitative estimate of drug-likeness (QED) is 0.527. The van der Waals surface area contributed by atoms with Crippen LogP contribution in [0.3, 0.4) is 0 Å². The molecule has 1 atom stereocenters. The first-order valence-corrected chi connectivity index (χ1v) is 4.77. The maximum absolute atomic E-state index is 10.3. The Morgan fingerprint density at radius 2 is 2.36 bits per heavy atom. The summed E-state index contributed by atoms with van der Waals surface area (Å²) < 4.78 is 5.35. The van der Waals surface area contributed by atoms with Crippen molar-refractivity contribution < 1.29 is 14.6 Å². The Morgan fingerprint density at radius 3 is 2.82 bits per heavy atom. The summed E-state index contributed by atoms with van der Waals surface area (Å²) in [7, 11) is 0.714. The molecule has 1 amide bonds. The van der Waals surface area contributed by atoms with Gasteiger partial charge in [0.25, 0.3) is 0 Å². The molecule has 0 bridgehead atoms. The first-order valence-electron chi connectivity index (χ1n) is 3.77. The van der Waals surface area contributed by atoms with Crippen LogP contribution in [0.2, 0.25) is 0 Å². The molecule has 0 aromatic carbocycles. The lowest BCUT2D eigenvalue weighted by Crippen LogP contribution is -2.52. The van der Waals surface area contributed by atoms with Crippen molar-refractivity contribution in [2.24, 2.45) is 0 Å². The second kappa shape index (κ2) is 3.23. The van der Waals surface area contributed by atoms with Crippen LogP contribution in [-0.2, 0) is 4.74 Å². The van der Waals surface area contributed by atoms with Gasteiger partial charge in [0.2, 0.25) is 0 Å². The van der Waals surface area contributed by atoms with E-state index < -0.39 is 11.4 Å². The van der Waals surface area contributed by atoms with E-state index in [4.69, 9.17) is 9.84 Å². The highest BCUT2D eigenvalue weighted by atomic mass is 28.1. The molecule has 1 aliphatic heterocycles. The molecular weight excluding hydrogens is 162 g/mol. The van der Waals surface area contributed by atoms with Crippen molar-refractivity contribution in [2.45, 2.75) is 24.6 Å². The monoisotopic (exact) mass is 175 g/mol. The van der Waals surface area contributed by atoms with Crippen LogP contribution >= 0.6 is 0 Å². The average Bonchev–Trinajstić information content (AvgIpc) is 1.85. The highest BCUT2D eigenvalue weighted by Gasteiger charge is 2.28. The van der Waals surface area contributed by atoms with Crippen LogP contribution in [0.4, 0.5) is 4.79 Å². The lowest BCUT2D eigenvalue weighted by atomic mass is 10.2. The minimum absolute atomic E-state index is 0.510. The van der Waals surface area contributed by atoms with Crippen molar-refractivity contribution in [3.8, 4) is 0 Å². The molecule has 0 spiro atoms. The van der Waals surface area contributed by atoms with E-state index in [0.717, 1.165) is 19.3 Å². The molecule has 0 aromatic heterocycles. The minimum Gasteiger partial charge on any atom is -0.465 e. The van der Waals surface area contributed by atoms with Crippen molar-refractivity contribution in [1.82, 2.24) is 5.32 Å². The normalized spacial score (nSPS) is 31.6. The Hall–Kier alpha value is -0.553. The van der Waals surface area contributed by atoms with Gasteiger partial charge in [-0.1, -0.05) is 0 Å².